The maximum absolute atomic E-state index is 12.3. The number of carbonyl (C=O) groups is 1. The molecule has 0 bridgehead atoms. The van der Waals surface area contributed by atoms with Crippen molar-refractivity contribution >= 4 is 12.0 Å². The lowest BCUT2D eigenvalue weighted by Crippen LogP contribution is -2.23. The number of benzene rings is 2. The van der Waals surface area contributed by atoms with Crippen LogP contribution in [0.3, 0.4) is 0 Å². The molecule has 35 heavy (non-hydrogen) atoms. The van der Waals surface area contributed by atoms with Crippen molar-refractivity contribution in [3.63, 3.8) is 0 Å². The van der Waals surface area contributed by atoms with Gasteiger partial charge in [-0.1, -0.05) is 29.4 Å². The monoisotopic (exact) mass is 472 g/mol. The predicted molar refractivity (Wildman–Crippen MR) is 133 cm³/mol. The minimum absolute atomic E-state index is 0.168. The third-order valence-electron chi connectivity index (χ3n) is 5.54. The molecule has 2 aromatic heterocycles. The molecule has 2 aromatic carbocycles. The van der Waals surface area contributed by atoms with Gasteiger partial charge >= 0.3 is 0 Å². The molecule has 0 aliphatic carbocycles. The Bertz CT molecular complexity index is 1290. The normalized spacial score (nSPS) is 11.1. The lowest BCUT2D eigenvalue weighted by Gasteiger charge is -2.11. The summed E-state index contributed by atoms with van der Waals surface area (Å²) in [5.41, 5.74) is 4.60. The first kappa shape index (κ1) is 23.8. The van der Waals surface area contributed by atoms with Crippen molar-refractivity contribution < 1.29 is 18.8 Å². The van der Waals surface area contributed by atoms with Gasteiger partial charge in [0.25, 0.3) is 0 Å². The molecule has 8 heteroatoms. The number of nitrogens with one attached hydrogen (secondary N) is 1. The number of rotatable bonds is 10. The van der Waals surface area contributed by atoms with Gasteiger partial charge < -0.3 is 19.3 Å². The van der Waals surface area contributed by atoms with Crippen LogP contribution in [0, 0.1) is 13.8 Å². The van der Waals surface area contributed by atoms with E-state index in [1.807, 2.05) is 79.5 Å². The molecular weight excluding hydrogens is 444 g/mol. The molecular formula is C27H28N4O4. The second-order valence-corrected chi connectivity index (χ2v) is 8.00. The number of para-hydroxylation sites is 1. The van der Waals surface area contributed by atoms with E-state index in [1.54, 1.807) is 13.2 Å². The quantitative estimate of drug-likeness (QED) is 0.343. The largest absolute Gasteiger partial charge is 0.493 e. The topological polar surface area (TPSA) is 91.4 Å². The van der Waals surface area contributed by atoms with Gasteiger partial charge in [-0.15, -0.1) is 0 Å². The van der Waals surface area contributed by atoms with Crippen LogP contribution < -0.4 is 14.8 Å². The Kier molecular flexibility index (Phi) is 7.62. The lowest BCUT2D eigenvalue weighted by molar-refractivity contribution is -0.116. The minimum Gasteiger partial charge on any atom is -0.493 e. The first-order valence-electron chi connectivity index (χ1n) is 11.3. The zero-order valence-corrected chi connectivity index (χ0v) is 20.0. The van der Waals surface area contributed by atoms with E-state index < -0.39 is 0 Å². The second-order valence-electron chi connectivity index (χ2n) is 8.00. The highest BCUT2D eigenvalue weighted by atomic mass is 16.5. The molecule has 180 valence electrons. The van der Waals surface area contributed by atoms with Gasteiger partial charge in [-0.05, 0) is 61.7 Å². The third-order valence-corrected chi connectivity index (χ3v) is 5.54. The van der Waals surface area contributed by atoms with Crippen molar-refractivity contribution in [2.75, 3.05) is 13.7 Å². The van der Waals surface area contributed by atoms with E-state index in [1.165, 1.54) is 6.08 Å². The molecule has 0 saturated carbocycles. The van der Waals surface area contributed by atoms with Gasteiger partial charge in [-0.3, -0.25) is 4.79 Å². The maximum atomic E-state index is 12.3. The Hall–Kier alpha value is -4.33. The highest BCUT2D eigenvalue weighted by Crippen LogP contribution is 2.30. The van der Waals surface area contributed by atoms with E-state index >= 15 is 0 Å². The van der Waals surface area contributed by atoms with Crippen LogP contribution in [0.5, 0.6) is 11.5 Å². The fraction of sp³-hybridized carbons (Fsp3) is 0.222. The summed E-state index contributed by atoms with van der Waals surface area (Å²) in [4.78, 5) is 12.3. The SMILES string of the molecule is COc1cc(/C=C/C(=O)NCCc2cnn(-c3ccccc3)c2)ccc1OCc1c(C)noc1C. The Labute approximate surface area is 204 Å². The number of hydrogen-bond acceptors (Lipinski definition) is 6. The molecule has 0 saturated heterocycles. The molecule has 4 rings (SSSR count). The van der Waals surface area contributed by atoms with Crippen LogP contribution in [0.25, 0.3) is 11.8 Å². The van der Waals surface area contributed by atoms with E-state index in [2.05, 4.69) is 15.6 Å². The van der Waals surface area contributed by atoms with Crippen LogP contribution >= 0.6 is 0 Å². The van der Waals surface area contributed by atoms with E-state index in [0.717, 1.165) is 33.8 Å². The van der Waals surface area contributed by atoms with Crippen molar-refractivity contribution in [2.45, 2.75) is 26.9 Å². The highest BCUT2D eigenvalue weighted by Gasteiger charge is 2.12. The van der Waals surface area contributed by atoms with Gasteiger partial charge in [0.2, 0.25) is 5.91 Å². The molecule has 0 radical (unpaired) electrons. The van der Waals surface area contributed by atoms with E-state index in [9.17, 15) is 4.79 Å². The highest BCUT2D eigenvalue weighted by molar-refractivity contribution is 5.91. The number of methoxy groups -OCH3 is 1. The summed E-state index contributed by atoms with van der Waals surface area (Å²) >= 11 is 0. The standard InChI is InChI=1S/C27H28N4O4/c1-19-24(20(2)35-30-19)18-34-25-11-9-21(15-26(25)33-3)10-12-27(32)28-14-13-22-16-29-31(17-22)23-7-5-4-6-8-23/h4-12,15-17H,13-14,18H2,1-3H3,(H,28,32)/b12-10+. The Balaban J connectivity index is 1.28. The zero-order chi connectivity index (χ0) is 24.6. The maximum Gasteiger partial charge on any atom is 0.244 e. The Morgan fingerprint density at radius 2 is 1.97 bits per heavy atom. The summed E-state index contributed by atoms with van der Waals surface area (Å²) in [5, 5.41) is 11.2. The molecule has 0 aliphatic heterocycles. The Morgan fingerprint density at radius 1 is 1.14 bits per heavy atom. The van der Waals surface area contributed by atoms with Crippen molar-refractivity contribution in [3.05, 3.63) is 95.1 Å². The molecule has 0 atom stereocenters. The van der Waals surface area contributed by atoms with Crippen molar-refractivity contribution in [3.8, 4) is 17.2 Å². The summed E-state index contributed by atoms with van der Waals surface area (Å²) in [6.07, 6.45) is 7.73. The van der Waals surface area contributed by atoms with E-state index in [0.29, 0.717) is 31.1 Å². The molecule has 1 N–H and O–H groups in total. The molecule has 4 aromatic rings. The van der Waals surface area contributed by atoms with Crippen LogP contribution in [0.2, 0.25) is 0 Å². The van der Waals surface area contributed by atoms with Crippen LogP contribution in [0.4, 0.5) is 0 Å². The summed E-state index contributed by atoms with van der Waals surface area (Å²) in [6.45, 7) is 4.58. The third kappa shape index (κ3) is 6.17. The smallest absolute Gasteiger partial charge is 0.244 e. The molecule has 0 fully saturated rings. The summed E-state index contributed by atoms with van der Waals surface area (Å²) < 4.78 is 18.4. The first-order valence-corrected chi connectivity index (χ1v) is 11.3. The molecule has 1 amide bonds. The molecule has 8 nitrogen and oxygen atoms in total. The Morgan fingerprint density at radius 3 is 2.71 bits per heavy atom. The van der Waals surface area contributed by atoms with Gasteiger partial charge in [0, 0.05) is 18.8 Å². The fourth-order valence-corrected chi connectivity index (χ4v) is 3.54. The van der Waals surface area contributed by atoms with Crippen LogP contribution in [0.15, 0.2) is 71.5 Å². The molecule has 0 aliphatic rings. The van der Waals surface area contributed by atoms with E-state index in [-0.39, 0.29) is 5.91 Å². The summed E-state index contributed by atoms with van der Waals surface area (Å²) in [6, 6.07) is 15.4. The van der Waals surface area contributed by atoms with Crippen LogP contribution in [-0.2, 0) is 17.8 Å². The zero-order valence-electron chi connectivity index (χ0n) is 20.0. The van der Waals surface area contributed by atoms with Gasteiger partial charge in [0.1, 0.15) is 12.4 Å². The number of hydrogen-bond donors (Lipinski definition) is 1. The number of aryl methyl sites for hydroxylation is 2. The second kappa shape index (κ2) is 11.2. The average Bonchev–Trinajstić information content (AvgIpc) is 3.48. The first-order chi connectivity index (χ1) is 17.0. The lowest BCUT2D eigenvalue weighted by atomic mass is 10.1. The van der Waals surface area contributed by atoms with Crippen LogP contribution in [-0.4, -0.2) is 34.5 Å². The molecule has 0 spiro atoms. The van der Waals surface area contributed by atoms with Crippen LogP contribution in [0.1, 0.15) is 28.1 Å². The minimum atomic E-state index is -0.168. The van der Waals surface area contributed by atoms with Gasteiger partial charge in [0.05, 0.1) is 30.3 Å². The average molecular weight is 473 g/mol. The van der Waals surface area contributed by atoms with Crippen molar-refractivity contribution in [1.29, 1.82) is 0 Å². The summed E-state index contributed by atoms with van der Waals surface area (Å²) in [7, 11) is 1.58. The van der Waals surface area contributed by atoms with Gasteiger partial charge in [0.15, 0.2) is 11.5 Å². The fourth-order valence-electron chi connectivity index (χ4n) is 3.54. The predicted octanol–water partition coefficient (Wildman–Crippen LogP) is 4.44. The number of carbonyl (C=O) groups excluding carboxylic acids is 1. The van der Waals surface area contributed by atoms with Gasteiger partial charge in [-0.25, -0.2) is 4.68 Å². The number of amides is 1. The van der Waals surface area contributed by atoms with Crippen molar-refractivity contribution in [2.24, 2.45) is 0 Å². The van der Waals surface area contributed by atoms with Crippen molar-refractivity contribution in [1.82, 2.24) is 20.3 Å². The van der Waals surface area contributed by atoms with E-state index in [4.69, 9.17) is 14.0 Å². The van der Waals surface area contributed by atoms with Gasteiger partial charge in [-0.2, -0.15) is 5.10 Å². The molecule has 0 unspecified atom stereocenters. The number of aromatic nitrogens is 3. The number of nitrogens with zero attached hydrogens (tertiary/aromatic N) is 3. The number of ether oxygens (including phenoxy) is 2. The summed E-state index contributed by atoms with van der Waals surface area (Å²) in [5.74, 6) is 1.75. The molecule has 2 heterocycles.